The first-order valence-electron chi connectivity index (χ1n) is 5.13. The molecule has 0 aromatic heterocycles. The lowest BCUT2D eigenvalue weighted by Gasteiger charge is -2.38. The summed E-state index contributed by atoms with van der Waals surface area (Å²) in [5, 5.41) is 9.85. The number of hydrogen-bond donors (Lipinski definition) is 1. The molecule has 3 atom stereocenters. The molecule has 0 bridgehead atoms. The summed E-state index contributed by atoms with van der Waals surface area (Å²) in [6, 6.07) is 0. The van der Waals surface area contributed by atoms with Gasteiger partial charge >= 0.3 is 0 Å². The summed E-state index contributed by atoms with van der Waals surface area (Å²) in [4.78, 5) is 0. The molecule has 0 radical (unpaired) electrons. The summed E-state index contributed by atoms with van der Waals surface area (Å²) in [7, 11) is 0. The Morgan fingerprint density at radius 3 is 2.08 bits per heavy atom. The first-order chi connectivity index (χ1) is 5.41. The molecule has 0 heterocycles. The fourth-order valence-electron chi connectivity index (χ4n) is 2.19. The van der Waals surface area contributed by atoms with Crippen LogP contribution in [0.25, 0.3) is 0 Å². The predicted molar refractivity (Wildman–Crippen MR) is 52.0 cm³/mol. The molecule has 1 aliphatic rings. The summed E-state index contributed by atoms with van der Waals surface area (Å²) in [5.41, 5.74) is -0.464. The Morgan fingerprint density at radius 1 is 1.08 bits per heavy atom. The molecular formula is C11H22O. The van der Waals surface area contributed by atoms with Gasteiger partial charge in [-0.2, -0.15) is 0 Å². The first kappa shape index (κ1) is 10.0. The van der Waals surface area contributed by atoms with Crippen molar-refractivity contribution in [3.05, 3.63) is 0 Å². The van der Waals surface area contributed by atoms with Gasteiger partial charge < -0.3 is 5.11 Å². The van der Waals surface area contributed by atoms with Crippen LogP contribution in [-0.2, 0) is 0 Å². The van der Waals surface area contributed by atoms with Crippen molar-refractivity contribution in [2.45, 2.75) is 52.6 Å². The highest BCUT2D eigenvalue weighted by molar-refractivity contribution is 4.84. The summed E-state index contributed by atoms with van der Waals surface area (Å²) in [6.07, 6.45) is 3.69. The highest BCUT2D eigenvalue weighted by Crippen LogP contribution is 2.38. The van der Waals surface area contributed by atoms with E-state index in [0.717, 1.165) is 11.8 Å². The predicted octanol–water partition coefficient (Wildman–Crippen LogP) is 2.83. The van der Waals surface area contributed by atoms with Gasteiger partial charge in [-0.05, 0) is 44.4 Å². The lowest BCUT2D eigenvalue weighted by Crippen LogP contribution is -2.36. The molecule has 0 saturated heterocycles. The van der Waals surface area contributed by atoms with E-state index in [1.165, 1.54) is 19.3 Å². The Bertz CT molecular complexity index is 146. The third-order valence-electron chi connectivity index (χ3n) is 3.60. The standard InChI is InChI=1S/C11H22O/c1-8-5-6-10(7-9(8)2)11(3,4)12/h8-10,12H,5-7H2,1-4H3/t8-,9+,10-/m0/s1. The fraction of sp³-hybridized carbons (Fsp3) is 1.00. The van der Waals surface area contributed by atoms with Crippen LogP contribution in [0, 0.1) is 17.8 Å². The average molecular weight is 170 g/mol. The van der Waals surface area contributed by atoms with Crippen molar-refractivity contribution in [3.8, 4) is 0 Å². The third kappa shape index (κ3) is 2.22. The van der Waals surface area contributed by atoms with Gasteiger partial charge in [0.15, 0.2) is 0 Å². The van der Waals surface area contributed by atoms with Crippen molar-refractivity contribution < 1.29 is 5.11 Å². The Labute approximate surface area is 76.2 Å². The zero-order valence-electron chi connectivity index (χ0n) is 8.80. The number of aliphatic hydroxyl groups is 1. The van der Waals surface area contributed by atoms with E-state index in [0.29, 0.717) is 5.92 Å². The van der Waals surface area contributed by atoms with Crippen LogP contribution in [-0.4, -0.2) is 10.7 Å². The molecule has 72 valence electrons. The van der Waals surface area contributed by atoms with E-state index in [1.54, 1.807) is 0 Å². The second kappa shape index (κ2) is 3.37. The molecule has 1 fully saturated rings. The summed E-state index contributed by atoms with van der Waals surface area (Å²) >= 11 is 0. The van der Waals surface area contributed by atoms with E-state index in [9.17, 15) is 5.11 Å². The average Bonchev–Trinajstić information content (AvgIpc) is 1.92. The SMILES string of the molecule is C[C@@H]1C[C@@H](C(C)(C)O)CC[C@@H]1C. The Hall–Kier alpha value is -0.0400. The second-order valence-electron chi connectivity index (χ2n) is 5.12. The largest absolute Gasteiger partial charge is 0.390 e. The van der Waals surface area contributed by atoms with Crippen molar-refractivity contribution >= 4 is 0 Å². The number of rotatable bonds is 1. The first-order valence-corrected chi connectivity index (χ1v) is 5.13. The summed E-state index contributed by atoms with van der Waals surface area (Å²) in [5.74, 6) is 2.16. The minimum Gasteiger partial charge on any atom is -0.390 e. The topological polar surface area (TPSA) is 20.2 Å². The van der Waals surface area contributed by atoms with Gasteiger partial charge in [0.25, 0.3) is 0 Å². The summed E-state index contributed by atoms with van der Waals surface area (Å²) < 4.78 is 0. The van der Waals surface area contributed by atoms with Gasteiger partial charge in [-0.25, -0.2) is 0 Å². The molecule has 0 unspecified atom stereocenters. The van der Waals surface area contributed by atoms with Crippen LogP contribution < -0.4 is 0 Å². The van der Waals surface area contributed by atoms with Crippen molar-refractivity contribution in [2.75, 3.05) is 0 Å². The van der Waals surface area contributed by atoms with Crippen LogP contribution in [0.4, 0.5) is 0 Å². The van der Waals surface area contributed by atoms with Crippen LogP contribution in [0.5, 0.6) is 0 Å². The molecule has 0 aliphatic heterocycles. The molecule has 1 aliphatic carbocycles. The molecule has 0 amide bonds. The monoisotopic (exact) mass is 170 g/mol. The summed E-state index contributed by atoms with van der Waals surface area (Å²) in [6.45, 7) is 8.52. The van der Waals surface area contributed by atoms with Crippen LogP contribution in [0.3, 0.4) is 0 Å². The lowest BCUT2D eigenvalue weighted by atomic mass is 9.70. The van der Waals surface area contributed by atoms with E-state index in [2.05, 4.69) is 13.8 Å². The third-order valence-corrected chi connectivity index (χ3v) is 3.60. The van der Waals surface area contributed by atoms with Crippen molar-refractivity contribution in [2.24, 2.45) is 17.8 Å². The lowest BCUT2D eigenvalue weighted by molar-refractivity contribution is -0.0165. The van der Waals surface area contributed by atoms with E-state index in [4.69, 9.17) is 0 Å². The Morgan fingerprint density at radius 2 is 1.67 bits per heavy atom. The second-order valence-corrected chi connectivity index (χ2v) is 5.12. The minimum absolute atomic E-state index is 0.464. The van der Waals surface area contributed by atoms with E-state index in [1.807, 2.05) is 13.8 Å². The smallest absolute Gasteiger partial charge is 0.0619 e. The van der Waals surface area contributed by atoms with Gasteiger partial charge in [0.2, 0.25) is 0 Å². The van der Waals surface area contributed by atoms with Crippen molar-refractivity contribution in [1.29, 1.82) is 0 Å². The quantitative estimate of drug-likeness (QED) is 0.641. The Balaban J connectivity index is 2.51. The maximum absolute atomic E-state index is 9.85. The highest BCUT2D eigenvalue weighted by Gasteiger charge is 2.33. The van der Waals surface area contributed by atoms with Crippen LogP contribution in [0.1, 0.15) is 47.0 Å². The van der Waals surface area contributed by atoms with Gasteiger partial charge in [0.05, 0.1) is 5.60 Å². The fourth-order valence-corrected chi connectivity index (χ4v) is 2.19. The molecule has 1 nitrogen and oxygen atoms in total. The van der Waals surface area contributed by atoms with Gasteiger partial charge in [0, 0.05) is 0 Å². The van der Waals surface area contributed by atoms with E-state index < -0.39 is 5.60 Å². The number of hydrogen-bond acceptors (Lipinski definition) is 1. The van der Waals surface area contributed by atoms with E-state index >= 15 is 0 Å². The van der Waals surface area contributed by atoms with E-state index in [-0.39, 0.29) is 0 Å². The molecule has 0 spiro atoms. The van der Waals surface area contributed by atoms with Crippen molar-refractivity contribution in [1.82, 2.24) is 0 Å². The molecule has 1 N–H and O–H groups in total. The zero-order valence-corrected chi connectivity index (χ0v) is 8.80. The van der Waals surface area contributed by atoms with Gasteiger partial charge in [-0.15, -0.1) is 0 Å². The van der Waals surface area contributed by atoms with Crippen LogP contribution >= 0.6 is 0 Å². The molecule has 0 aromatic carbocycles. The minimum atomic E-state index is -0.464. The van der Waals surface area contributed by atoms with Gasteiger partial charge in [0.1, 0.15) is 0 Å². The molecule has 1 heteroatoms. The van der Waals surface area contributed by atoms with Crippen LogP contribution in [0.2, 0.25) is 0 Å². The normalized spacial score (nSPS) is 38.2. The maximum Gasteiger partial charge on any atom is 0.0619 e. The molecule has 1 saturated carbocycles. The highest BCUT2D eigenvalue weighted by atomic mass is 16.3. The van der Waals surface area contributed by atoms with Crippen LogP contribution in [0.15, 0.2) is 0 Å². The zero-order chi connectivity index (χ0) is 9.35. The molecule has 12 heavy (non-hydrogen) atoms. The Kier molecular flexibility index (Phi) is 2.82. The van der Waals surface area contributed by atoms with Crippen molar-refractivity contribution in [3.63, 3.8) is 0 Å². The van der Waals surface area contributed by atoms with Gasteiger partial charge in [-0.3, -0.25) is 0 Å². The maximum atomic E-state index is 9.85. The molecule has 1 rings (SSSR count). The van der Waals surface area contributed by atoms with Gasteiger partial charge in [-0.1, -0.05) is 20.3 Å². The molecular weight excluding hydrogens is 148 g/mol. The molecule has 0 aromatic rings.